The molecule has 1 fully saturated rings. The number of anilines is 1. The summed E-state index contributed by atoms with van der Waals surface area (Å²) in [6, 6.07) is 10.3. The number of fused-ring (bicyclic) bond motifs is 2. The van der Waals surface area contributed by atoms with Crippen LogP contribution in [0.1, 0.15) is 0 Å². The number of aromatic amines is 1. The molecule has 0 bridgehead atoms. The Morgan fingerprint density at radius 2 is 2.07 bits per heavy atom. The van der Waals surface area contributed by atoms with E-state index in [1.54, 1.807) is 10.9 Å². The molecule has 8 nitrogen and oxygen atoms in total. The summed E-state index contributed by atoms with van der Waals surface area (Å²) in [5.41, 5.74) is 4.21. The van der Waals surface area contributed by atoms with Crippen molar-refractivity contribution < 1.29 is 4.74 Å². The minimum atomic E-state index is 0.198. The number of morpholine rings is 1. The quantitative estimate of drug-likeness (QED) is 0.603. The fraction of sp³-hybridized carbons (Fsp3) is 0.263. The molecule has 1 aliphatic rings. The van der Waals surface area contributed by atoms with Crippen LogP contribution in [0, 0.1) is 11.3 Å². The molecule has 0 amide bonds. The van der Waals surface area contributed by atoms with Crippen LogP contribution in [0.3, 0.4) is 0 Å². The molecule has 5 rings (SSSR count). The van der Waals surface area contributed by atoms with Crippen molar-refractivity contribution in [3.8, 4) is 17.3 Å². The molecule has 0 spiro atoms. The van der Waals surface area contributed by atoms with E-state index in [0.29, 0.717) is 30.3 Å². The maximum absolute atomic E-state index is 9.14. The van der Waals surface area contributed by atoms with Gasteiger partial charge in [-0.05, 0) is 12.1 Å². The van der Waals surface area contributed by atoms with Crippen molar-refractivity contribution in [2.75, 3.05) is 31.2 Å². The monoisotopic (exact) mass is 359 g/mol. The van der Waals surface area contributed by atoms with E-state index in [0.717, 1.165) is 35.2 Å². The van der Waals surface area contributed by atoms with Crippen molar-refractivity contribution in [1.82, 2.24) is 24.5 Å². The molecule has 4 aromatic rings. The van der Waals surface area contributed by atoms with Crippen molar-refractivity contribution in [2.45, 2.75) is 6.54 Å². The lowest BCUT2D eigenvalue weighted by atomic mass is 10.1. The fourth-order valence-electron chi connectivity index (χ4n) is 3.51. The molecule has 1 saturated heterocycles. The number of nitrogens with one attached hydrogen (secondary N) is 1. The average Bonchev–Trinajstić information content (AvgIpc) is 3.35. The molecule has 0 atom stereocenters. The molecular formula is C19H17N7O. The smallest absolute Gasteiger partial charge is 0.228 e. The van der Waals surface area contributed by atoms with Gasteiger partial charge in [0.15, 0.2) is 5.65 Å². The van der Waals surface area contributed by atoms with E-state index < -0.39 is 0 Å². The van der Waals surface area contributed by atoms with Crippen LogP contribution >= 0.6 is 0 Å². The summed E-state index contributed by atoms with van der Waals surface area (Å²) in [5.74, 6) is 0.646. The molecule has 4 heterocycles. The van der Waals surface area contributed by atoms with Gasteiger partial charge in [0.1, 0.15) is 17.8 Å². The molecule has 134 valence electrons. The van der Waals surface area contributed by atoms with Crippen LogP contribution in [0.4, 0.5) is 5.95 Å². The van der Waals surface area contributed by atoms with E-state index in [4.69, 9.17) is 20.0 Å². The Balaban J connectivity index is 1.77. The summed E-state index contributed by atoms with van der Waals surface area (Å²) in [6.45, 7) is 2.99. The van der Waals surface area contributed by atoms with Crippen LogP contribution in [0.5, 0.6) is 0 Å². The Kier molecular flexibility index (Phi) is 3.73. The van der Waals surface area contributed by atoms with Crippen molar-refractivity contribution in [2.24, 2.45) is 0 Å². The highest BCUT2D eigenvalue weighted by atomic mass is 16.5. The second-order valence-corrected chi connectivity index (χ2v) is 6.42. The first-order chi connectivity index (χ1) is 13.3. The van der Waals surface area contributed by atoms with E-state index in [9.17, 15) is 0 Å². The molecule has 1 aliphatic heterocycles. The summed E-state index contributed by atoms with van der Waals surface area (Å²) in [7, 11) is 0. The van der Waals surface area contributed by atoms with Gasteiger partial charge in [-0.15, -0.1) is 0 Å². The van der Waals surface area contributed by atoms with Crippen LogP contribution in [0.25, 0.3) is 33.3 Å². The van der Waals surface area contributed by atoms with E-state index in [2.05, 4.69) is 20.9 Å². The summed E-state index contributed by atoms with van der Waals surface area (Å²) in [6.07, 6.45) is 3.58. The number of aromatic nitrogens is 5. The van der Waals surface area contributed by atoms with E-state index in [1.807, 2.05) is 30.5 Å². The molecule has 1 aromatic carbocycles. The second-order valence-electron chi connectivity index (χ2n) is 6.42. The van der Waals surface area contributed by atoms with Crippen molar-refractivity contribution in [3.05, 3.63) is 36.8 Å². The molecule has 0 radical (unpaired) electrons. The molecule has 3 aromatic heterocycles. The van der Waals surface area contributed by atoms with Crippen LogP contribution in [0.2, 0.25) is 0 Å². The zero-order valence-electron chi connectivity index (χ0n) is 14.6. The van der Waals surface area contributed by atoms with Crippen molar-refractivity contribution >= 4 is 28.0 Å². The van der Waals surface area contributed by atoms with Gasteiger partial charge in [-0.25, -0.2) is 9.97 Å². The number of hydrogen-bond donors (Lipinski definition) is 1. The molecule has 0 saturated carbocycles. The summed E-state index contributed by atoms with van der Waals surface area (Å²) >= 11 is 0. The number of nitrogens with zero attached hydrogens (tertiary/aromatic N) is 6. The molecular weight excluding hydrogens is 342 g/mol. The van der Waals surface area contributed by atoms with Crippen LogP contribution in [-0.4, -0.2) is 50.8 Å². The van der Waals surface area contributed by atoms with Gasteiger partial charge in [0.2, 0.25) is 5.95 Å². The van der Waals surface area contributed by atoms with Crippen LogP contribution < -0.4 is 4.90 Å². The minimum Gasteiger partial charge on any atom is -0.378 e. The maximum Gasteiger partial charge on any atom is 0.228 e. The standard InChI is InChI=1S/C19H17N7O/c20-5-7-26-12-22-17-16(14-2-1-3-15-13(14)4-6-21-15)23-19(24-18(17)26)25-8-10-27-11-9-25/h1-4,6,12,21H,7-11H2. The number of hydrogen-bond acceptors (Lipinski definition) is 6. The summed E-state index contributed by atoms with van der Waals surface area (Å²) in [5, 5.41) is 10.2. The first-order valence-electron chi connectivity index (χ1n) is 8.84. The van der Waals surface area contributed by atoms with Gasteiger partial charge in [0.05, 0.1) is 25.6 Å². The number of nitriles is 1. The van der Waals surface area contributed by atoms with E-state index in [-0.39, 0.29) is 6.54 Å². The zero-order valence-corrected chi connectivity index (χ0v) is 14.6. The van der Waals surface area contributed by atoms with Gasteiger partial charge in [-0.3, -0.25) is 0 Å². The van der Waals surface area contributed by atoms with Gasteiger partial charge in [-0.2, -0.15) is 10.2 Å². The van der Waals surface area contributed by atoms with Crippen molar-refractivity contribution in [3.63, 3.8) is 0 Å². The predicted octanol–water partition coefficient (Wildman–Crippen LogP) is 2.33. The van der Waals surface area contributed by atoms with Gasteiger partial charge < -0.3 is 19.2 Å². The van der Waals surface area contributed by atoms with Gasteiger partial charge in [0, 0.05) is 35.8 Å². The lowest BCUT2D eigenvalue weighted by molar-refractivity contribution is 0.122. The topological polar surface area (TPSA) is 95.6 Å². The third-order valence-electron chi connectivity index (χ3n) is 4.84. The largest absolute Gasteiger partial charge is 0.378 e. The number of ether oxygens (including phenoxy) is 1. The highest BCUT2D eigenvalue weighted by Crippen LogP contribution is 2.32. The Morgan fingerprint density at radius 3 is 2.93 bits per heavy atom. The number of H-pyrrole nitrogens is 1. The molecule has 0 aliphatic carbocycles. The lowest BCUT2D eigenvalue weighted by Crippen LogP contribution is -2.37. The Morgan fingerprint density at radius 1 is 1.19 bits per heavy atom. The average molecular weight is 359 g/mol. The van der Waals surface area contributed by atoms with Crippen LogP contribution in [-0.2, 0) is 11.3 Å². The summed E-state index contributed by atoms with van der Waals surface area (Å²) < 4.78 is 7.22. The van der Waals surface area contributed by atoms with Gasteiger partial charge in [0.25, 0.3) is 0 Å². The first-order valence-corrected chi connectivity index (χ1v) is 8.84. The first kappa shape index (κ1) is 15.8. The van der Waals surface area contributed by atoms with E-state index >= 15 is 0 Å². The molecule has 1 N–H and O–H groups in total. The van der Waals surface area contributed by atoms with Gasteiger partial charge >= 0.3 is 0 Å². The minimum absolute atomic E-state index is 0.198. The lowest BCUT2D eigenvalue weighted by Gasteiger charge is -2.27. The SMILES string of the molecule is N#CCn1cnc2c(-c3cccc4[nH]ccc34)nc(N3CCOCC3)nc21. The number of imidazole rings is 1. The highest BCUT2D eigenvalue weighted by molar-refractivity contribution is 6.00. The fourth-order valence-corrected chi connectivity index (χ4v) is 3.51. The molecule has 8 heteroatoms. The van der Waals surface area contributed by atoms with Crippen LogP contribution in [0.15, 0.2) is 36.8 Å². The Labute approximate surface area is 155 Å². The summed E-state index contributed by atoms with van der Waals surface area (Å²) in [4.78, 5) is 19.5. The normalized spacial score (nSPS) is 14.7. The number of benzene rings is 1. The third-order valence-corrected chi connectivity index (χ3v) is 4.84. The van der Waals surface area contributed by atoms with Gasteiger partial charge in [-0.1, -0.05) is 12.1 Å². The second kappa shape index (κ2) is 6.37. The van der Waals surface area contributed by atoms with Crippen molar-refractivity contribution in [1.29, 1.82) is 5.26 Å². The number of rotatable bonds is 3. The van der Waals surface area contributed by atoms with E-state index in [1.165, 1.54) is 0 Å². The Hall–Kier alpha value is -3.44. The highest BCUT2D eigenvalue weighted by Gasteiger charge is 2.21. The third kappa shape index (κ3) is 2.60. The molecule has 0 unspecified atom stereocenters. The zero-order chi connectivity index (χ0) is 18.2. The Bertz CT molecular complexity index is 1160. The maximum atomic E-state index is 9.14. The molecule has 27 heavy (non-hydrogen) atoms. The predicted molar refractivity (Wildman–Crippen MR) is 101 cm³/mol.